The second-order valence-corrected chi connectivity index (χ2v) is 5.81. The molecule has 0 unspecified atom stereocenters. The quantitative estimate of drug-likeness (QED) is 0.870. The first kappa shape index (κ1) is 15.1. The van der Waals surface area contributed by atoms with Crippen molar-refractivity contribution in [2.45, 2.75) is 18.9 Å². The third-order valence-electron chi connectivity index (χ3n) is 3.88. The van der Waals surface area contributed by atoms with Gasteiger partial charge in [-0.25, -0.2) is 4.68 Å². The van der Waals surface area contributed by atoms with Crippen molar-refractivity contribution in [3.05, 3.63) is 47.2 Å². The summed E-state index contributed by atoms with van der Waals surface area (Å²) < 4.78 is 6.86. The van der Waals surface area contributed by atoms with Crippen LogP contribution in [0.25, 0.3) is 5.69 Å². The van der Waals surface area contributed by atoms with E-state index < -0.39 is 0 Å². The molecule has 2 aromatic rings. The summed E-state index contributed by atoms with van der Waals surface area (Å²) in [4.78, 5) is 14.5. The minimum Gasteiger partial charge on any atom is -0.383 e. The van der Waals surface area contributed by atoms with Gasteiger partial charge in [0.25, 0.3) is 5.91 Å². The second kappa shape index (κ2) is 6.50. The van der Waals surface area contributed by atoms with Crippen molar-refractivity contribution in [2.75, 3.05) is 20.3 Å². The van der Waals surface area contributed by atoms with Gasteiger partial charge in [-0.15, -0.1) is 0 Å². The van der Waals surface area contributed by atoms with Crippen molar-refractivity contribution in [3.8, 4) is 5.69 Å². The Hall–Kier alpha value is -1.85. The molecule has 116 valence electrons. The van der Waals surface area contributed by atoms with Crippen molar-refractivity contribution in [3.63, 3.8) is 0 Å². The first-order chi connectivity index (χ1) is 10.7. The van der Waals surface area contributed by atoms with Gasteiger partial charge in [0, 0.05) is 24.9 Å². The van der Waals surface area contributed by atoms with Crippen molar-refractivity contribution >= 4 is 17.5 Å². The molecule has 1 aliphatic heterocycles. The summed E-state index contributed by atoms with van der Waals surface area (Å²) in [6, 6.07) is 9.26. The Bertz CT molecular complexity index is 671. The Labute approximate surface area is 134 Å². The summed E-state index contributed by atoms with van der Waals surface area (Å²) in [6.45, 7) is 1.33. The maximum absolute atomic E-state index is 12.6. The molecule has 1 aromatic heterocycles. The van der Waals surface area contributed by atoms with Crippen LogP contribution in [0.5, 0.6) is 0 Å². The molecule has 0 spiro atoms. The molecule has 0 radical (unpaired) electrons. The van der Waals surface area contributed by atoms with Gasteiger partial charge >= 0.3 is 0 Å². The molecule has 1 saturated heterocycles. The van der Waals surface area contributed by atoms with Gasteiger partial charge in [0.2, 0.25) is 0 Å². The lowest BCUT2D eigenvalue weighted by molar-refractivity contribution is 0.0624. The maximum atomic E-state index is 12.6. The van der Waals surface area contributed by atoms with Gasteiger partial charge in [-0.1, -0.05) is 17.7 Å². The molecule has 6 heteroatoms. The maximum Gasteiger partial charge on any atom is 0.274 e. The van der Waals surface area contributed by atoms with E-state index in [0.29, 0.717) is 17.3 Å². The van der Waals surface area contributed by atoms with E-state index in [1.54, 1.807) is 30.1 Å². The predicted octanol–water partition coefficient (Wildman–Crippen LogP) is 2.78. The van der Waals surface area contributed by atoms with E-state index in [-0.39, 0.29) is 11.9 Å². The number of hydrogen-bond donors (Lipinski definition) is 0. The number of hydrogen-bond acceptors (Lipinski definition) is 3. The molecule has 1 aliphatic rings. The number of aromatic nitrogens is 2. The fourth-order valence-corrected chi connectivity index (χ4v) is 3.00. The van der Waals surface area contributed by atoms with E-state index in [4.69, 9.17) is 16.3 Å². The highest BCUT2D eigenvalue weighted by molar-refractivity contribution is 6.30. The van der Waals surface area contributed by atoms with Crippen LogP contribution in [0.15, 0.2) is 36.5 Å². The smallest absolute Gasteiger partial charge is 0.274 e. The molecular weight excluding hydrogens is 302 g/mol. The lowest BCUT2D eigenvalue weighted by Gasteiger charge is -2.23. The van der Waals surface area contributed by atoms with Crippen LogP contribution in [-0.2, 0) is 4.74 Å². The number of ether oxygens (including phenoxy) is 1. The Morgan fingerprint density at radius 2 is 2.32 bits per heavy atom. The molecule has 0 N–H and O–H groups in total. The fourth-order valence-electron chi connectivity index (χ4n) is 2.82. The van der Waals surface area contributed by atoms with E-state index >= 15 is 0 Å². The van der Waals surface area contributed by atoms with Gasteiger partial charge in [-0.05, 0) is 37.1 Å². The molecule has 0 aliphatic carbocycles. The molecule has 1 aromatic carbocycles. The number of nitrogens with zero attached hydrogens (tertiary/aromatic N) is 3. The van der Waals surface area contributed by atoms with Gasteiger partial charge < -0.3 is 9.64 Å². The molecule has 1 amide bonds. The van der Waals surface area contributed by atoms with Crippen LogP contribution in [0.2, 0.25) is 5.02 Å². The Morgan fingerprint density at radius 1 is 1.45 bits per heavy atom. The van der Waals surface area contributed by atoms with Crippen LogP contribution in [0.4, 0.5) is 0 Å². The lowest BCUT2D eigenvalue weighted by atomic mass is 10.2. The zero-order valence-corrected chi connectivity index (χ0v) is 13.2. The van der Waals surface area contributed by atoms with Gasteiger partial charge in [0.1, 0.15) is 0 Å². The van der Waals surface area contributed by atoms with Crippen LogP contribution in [-0.4, -0.2) is 46.9 Å². The number of amides is 1. The topological polar surface area (TPSA) is 47.4 Å². The Balaban J connectivity index is 1.80. The molecule has 5 nitrogen and oxygen atoms in total. The third-order valence-corrected chi connectivity index (χ3v) is 4.11. The number of methoxy groups -OCH3 is 1. The number of likely N-dealkylation sites (tertiary alicyclic amines) is 1. The third kappa shape index (κ3) is 3.00. The zero-order valence-electron chi connectivity index (χ0n) is 12.4. The normalized spacial score (nSPS) is 17.9. The van der Waals surface area contributed by atoms with Crippen molar-refractivity contribution < 1.29 is 9.53 Å². The minimum absolute atomic E-state index is 0.0414. The summed E-state index contributed by atoms with van der Waals surface area (Å²) in [7, 11) is 1.66. The minimum atomic E-state index is -0.0414. The van der Waals surface area contributed by atoms with E-state index in [9.17, 15) is 4.79 Å². The van der Waals surface area contributed by atoms with Crippen LogP contribution in [0.1, 0.15) is 23.3 Å². The van der Waals surface area contributed by atoms with Crippen molar-refractivity contribution in [1.29, 1.82) is 0 Å². The van der Waals surface area contributed by atoms with Crippen LogP contribution >= 0.6 is 11.6 Å². The monoisotopic (exact) mass is 319 g/mol. The molecule has 0 saturated carbocycles. The van der Waals surface area contributed by atoms with Crippen LogP contribution in [0, 0.1) is 0 Å². The lowest BCUT2D eigenvalue weighted by Crippen LogP contribution is -2.38. The van der Waals surface area contributed by atoms with E-state index in [0.717, 1.165) is 25.1 Å². The standard InChI is InChI=1S/C16H18ClN3O2/c1-22-11-14-6-3-8-19(14)16(21)15-7-9-20(18-15)13-5-2-4-12(17)10-13/h2,4-5,7,9-10,14H,3,6,8,11H2,1H3/t14-/m0/s1. The fraction of sp³-hybridized carbons (Fsp3) is 0.375. The molecule has 1 atom stereocenters. The molecule has 1 fully saturated rings. The van der Waals surface area contributed by atoms with Crippen molar-refractivity contribution in [1.82, 2.24) is 14.7 Å². The van der Waals surface area contributed by atoms with E-state index in [1.807, 2.05) is 23.1 Å². The SMILES string of the molecule is COC[C@@H]1CCCN1C(=O)c1ccn(-c2cccc(Cl)c2)n1. The average Bonchev–Trinajstić information content (AvgIpc) is 3.16. The summed E-state index contributed by atoms with van der Waals surface area (Å²) in [6.07, 6.45) is 3.77. The highest BCUT2D eigenvalue weighted by Crippen LogP contribution is 2.20. The number of carbonyl (C=O) groups is 1. The average molecular weight is 320 g/mol. The summed E-state index contributed by atoms with van der Waals surface area (Å²) in [5.41, 5.74) is 1.28. The number of carbonyl (C=O) groups excluding carboxylic acids is 1. The number of halogens is 1. The number of rotatable bonds is 4. The summed E-state index contributed by atoms with van der Waals surface area (Å²) >= 11 is 5.99. The largest absolute Gasteiger partial charge is 0.383 e. The number of benzene rings is 1. The molecule has 22 heavy (non-hydrogen) atoms. The molecule has 0 bridgehead atoms. The highest BCUT2D eigenvalue weighted by atomic mass is 35.5. The van der Waals surface area contributed by atoms with Gasteiger partial charge in [-0.2, -0.15) is 5.10 Å². The van der Waals surface area contributed by atoms with Gasteiger partial charge in [0.05, 0.1) is 18.3 Å². The molecule has 2 heterocycles. The summed E-state index contributed by atoms with van der Waals surface area (Å²) in [5, 5.41) is 5.03. The Morgan fingerprint density at radius 3 is 3.09 bits per heavy atom. The van der Waals surface area contributed by atoms with Crippen LogP contribution in [0.3, 0.4) is 0 Å². The summed E-state index contributed by atoms with van der Waals surface area (Å²) in [5.74, 6) is -0.0414. The van der Waals surface area contributed by atoms with E-state index in [2.05, 4.69) is 5.10 Å². The zero-order chi connectivity index (χ0) is 15.5. The highest BCUT2D eigenvalue weighted by Gasteiger charge is 2.30. The van der Waals surface area contributed by atoms with Crippen LogP contribution < -0.4 is 0 Å². The second-order valence-electron chi connectivity index (χ2n) is 5.38. The molecular formula is C16H18ClN3O2. The van der Waals surface area contributed by atoms with Crippen molar-refractivity contribution in [2.24, 2.45) is 0 Å². The first-order valence-corrected chi connectivity index (χ1v) is 7.68. The van der Waals surface area contributed by atoms with E-state index in [1.165, 1.54) is 0 Å². The molecule has 3 rings (SSSR count). The Kier molecular flexibility index (Phi) is 4.45. The predicted molar refractivity (Wildman–Crippen MR) is 84.5 cm³/mol. The first-order valence-electron chi connectivity index (χ1n) is 7.30. The van der Waals surface area contributed by atoms with Gasteiger partial charge in [-0.3, -0.25) is 4.79 Å². The van der Waals surface area contributed by atoms with Gasteiger partial charge in [0.15, 0.2) is 5.69 Å².